The molecule has 0 amide bonds. The minimum atomic E-state index is -3.52. The van der Waals surface area contributed by atoms with Gasteiger partial charge >= 0.3 is 0 Å². The van der Waals surface area contributed by atoms with Crippen molar-refractivity contribution < 1.29 is 12.8 Å². The molecule has 3 nitrogen and oxygen atoms in total. The summed E-state index contributed by atoms with van der Waals surface area (Å²) in [6.45, 7) is 0. The highest BCUT2D eigenvalue weighted by molar-refractivity contribution is 8.00. The van der Waals surface area contributed by atoms with Gasteiger partial charge in [0.25, 0.3) is 0 Å². The molecule has 1 aliphatic rings. The second-order valence-electron chi connectivity index (χ2n) is 5.94. The lowest BCUT2D eigenvalue weighted by atomic mass is 9.96. The van der Waals surface area contributed by atoms with Gasteiger partial charge in [0, 0.05) is 16.2 Å². The Morgan fingerprint density at radius 1 is 0.958 bits per heavy atom. The highest BCUT2D eigenvalue weighted by Crippen LogP contribution is 2.34. The molecular formula is C18H20FNO2S2. The van der Waals surface area contributed by atoms with Gasteiger partial charge in [-0.3, -0.25) is 0 Å². The molecule has 24 heavy (non-hydrogen) atoms. The first-order valence-corrected chi connectivity index (χ1v) is 10.4. The fourth-order valence-corrected chi connectivity index (χ4v) is 5.64. The zero-order valence-electron chi connectivity index (χ0n) is 13.2. The van der Waals surface area contributed by atoms with Crippen LogP contribution in [0.4, 0.5) is 4.39 Å². The van der Waals surface area contributed by atoms with Gasteiger partial charge in [-0.1, -0.05) is 31.0 Å². The van der Waals surface area contributed by atoms with E-state index in [1.807, 2.05) is 0 Å². The van der Waals surface area contributed by atoms with Crippen molar-refractivity contribution in [1.82, 2.24) is 4.72 Å². The van der Waals surface area contributed by atoms with E-state index >= 15 is 0 Å². The van der Waals surface area contributed by atoms with Gasteiger partial charge in [0.15, 0.2) is 0 Å². The number of sulfonamides is 1. The van der Waals surface area contributed by atoms with Gasteiger partial charge in [0.05, 0.1) is 4.90 Å². The second-order valence-corrected chi connectivity index (χ2v) is 8.96. The van der Waals surface area contributed by atoms with Crippen LogP contribution in [0.2, 0.25) is 0 Å². The van der Waals surface area contributed by atoms with Crippen LogP contribution in [-0.2, 0) is 10.0 Å². The van der Waals surface area contributed by atoms with Crippen LogP contribution in [0.1, 0.15) is 25.7 Å². The largest absolute Gasteiger partial charge is 0.240 e. The molecule has 0 aromatic heterocycles. The van der Waals surface area contributed by atoms with Crippen LogP contribution < -0.4 is 4.72 Å². The first-order chi connectivity index (χ1) is 11.5. The first-order valence-electron chi connectivity index (χ1n) is 8.04. The van der Waals surface area contributed by atoms with Crippen molar-refractivity contribution >= 4 is 21.8 Å². The summed E-state index contributed by atoms with van der Waals surface area (Å²) in [4.78, 5) is 1.26. The van der Waals surface area contributed by atoms with E-state index in [-0.39, 0.29) is 17.1 Å². The van der Waals surface area contributed by atoms with Crippen LogP contribution in [0.5, 0.6) is 0 Å². The lowest BCUT2D eigenvalue weighted by Gasteiger charge is -2.31. The monoisotopic (exact) mass is 365 g/mol. The summed E-state index contributed by atoms with van der Waals surface area (Å²) in [5, 5.41) is 0.155. The summed E-state index contributed by atoms with van der Waals surface area (Å²) in [5.41, 5.74) is 0. The van der Waals surface area contributed by atoms with E-state index in [9.17, 15) is 12.8 Å². The molecule has 3 rings (SSSR count). The summed E-state index contributed by atoms with van der Waals surface area (Å²) >= 11 is 1.62. The molecule has 1 saturated carbocycles. The molecule has 6 heteroatoms. The summed E-state index contributed by atoms with van der Waals surface area (Å²) in [7, 11) is -3.52. The van der Waals surface area contributed by atoms with Crippen molar-refractivity contribution in [2.75, 3.05) is 0 Å². The SMILES string of the molecule is O=S(=O)(N[C@H]1CCCC[C@H]1Sc1ccc(F)cc1)c1ccccc1. The third kappa shape index (κ3) is 4.37. The lowest BCUT2D eigenvalue weighted by molar-refractivity contribution is 0.423. The molecular weight excluding hydrogens is 345 g/mol. The molecule has 2 aromatic carbocycles. The van der Waals surface area contributed by atoms with Crippen molar-refractivity contribution in [2.24, 2.45) is 0 Å². The Morgan fingerprint density at radius 3 is 2.33 bits per heavy atom. The number of hydrogen-bond acceptors (Lipinski definition) is 3. The van der Waals surface area contributed by atoms with E-state index in [1.165, 1.54) is 12.1 Å². The smallest absolute Gasteiger partial charge is 0.207 e. The molecule has 0 heterocycles. The van der Waals surface area contributed by atoms with Gasteiger partial charge in [-0.25, -0.2) is 17.5 Å². The van der Waals surface area contributed by atoms with E-state index in [1.54, 1.807) is 54.2 Å². The molecule has 128 valence electrons. The Kier molecular flexibility index (Phi) is 5.58. The maximum atomic E-state index is 13.1. The maximum absolute atomic E-state index is 13.1. The molecule has 0 unspecified atom stereocenters. The van der Waals surface area contributed by atoms with Crippen LogP contribution in [0.3, 0.4) is 0 Å². The molecule has 1 aliphatic carbocycles. The summed E-state index contributed by atoms with van der Waals surface area (Å²) in [5.74, 6) is -0.260. The standard InChI is InChI=1S/C18H20FNO2S2/c19-14-10-12-15(13-11-14)23-18-9-5-4-8-17(18)20-24(21,22)16-6-2-1-3-7-16/h1-3,6-7,10-13,17-18,20H,4-5,8-9H2/t17-,18+/m0/s1. The van der Waals surface area contributed by atoms with Crippen molar-refractivity contribution in [3.05, 3.63) is 60.4 Å². The van der Waals surface area contributed by atoms with Gasteiger partial charge in [0.1, 0.15) is 5.82 Å². The van der Waals surface area contributed by atoms with Crippen LogP contribution in [0.15, 0.2) is 64.4 Å². The zero-order valence-corrected chi connectivity index (χ0v) is 14.8. The van der Waals surface area contributed by atoms with E-state index in [0.717, 1.165) is 30.6 Å². The normalized spacial score (nSPS) is 21.5. The van der Waals surface area contributed by atoms with Crippen molar-refractivity contribution in [1.29, 1.82) is 0 Å². The van der Waals surface area contributed by atoms with Crippen LogP contribution in [-0.4, -0.2) is 19.7 Å². The summed E-state index contributed by atoms with van der Waals surface area (Å²) < 4.78 is 41.1. The van der Waals surface area contributed by atoms with E-state index in [4.69, 9.17) is 0 Å². The lowest BCUT2D eigenvalue weighted by Crippen LogP contribution is -2.43. The number of halogens is 1. The van der Waals surface area contributed by atoms with Crippen LogP contribution in [0, 0.1) is 5.82 Å². The minimum absolute atomic E-state index is 0.112. The average molecular weight is 365 g/mol. The molecule has 0 saturated heterocycles. The minimum Gasteiger partial charge on any atom is -0.207 e. The third-order valence-electron chi connectivity index (χ3n) is 4.16. The van der Waals surface area contributed by atoms with Gasteiger partial charge in [0.2, 0.25) is 10.0 Å². The van der Waals surface area contributed by atoms with Crippen LogP contribution >= 0.6 is 11.8 Å². The molecule has 0 bridgehead atoms. The van der Waals surface area contributed by atoms with E-state index in [2.05, 4.69) is 4.72 Å². The fourth-order valence-electron chi connectivity index (χ4n) is 2.93. The average Bonchev–Trinajstić information content (AvgIpc) is 2.59. The number of benzene rings is 2. The predicted octanol–water partition coefficient (Wildman–Crippen LogP) is 4.21. The second kappa shape index (κ2) is 7.68. The highest BCUT2D eigenvalue weighted by Gasteiger charge is 2.30. The number of hydrogen-bond donors (Lipinski definition) is 1. The Hall–Kier alpha value is -1.37. The Morgan fingerprint density at radius 2 is 1.62 bits per heavy atom. The van der Waals surface area contributed by atoms with Crippen molar-refractivity contribution in [3.63, 3.8) is 0 Å². The van der Waals surface area contributed by atoms with Gasteiger partial charge < -0.3 is 0 Å². The maximum Gasteiger partial charge on any atom is 0.240 e. The zero-order chi connectivity index (χ0) is 17.0. The van der Waals surface area contributed by atoms with Gasteiger partial charge in [-0.15, -0.1) is 11.8 Å². The topological polar surface area (TPSA) is 46.2 Å². The van der Waals surface area contributed by atoms with Crippen molar-refractivity contribution in [2.45, 2.75) is 46.8 Å². The Labute approximate surface area is 146 Å². The van der Waals surface area contributed by atoms with Crippen molar-refractivity contribution in [3.8, 4) is 0 Å². The number of nitrogens with one attached hydrogen (secondary N) is 1. The highest BCUT2D eigenvalue weighted by atomic mass is 32.2. The molecule has 1 N–H and O–H groups in total. The van der Waals surface area contributed by atoms with E-state index < -0.39 is 10.0 Å². The molecule has 0 spiro atoms. The predicted molar refractivity (Wildman–Crippen MR) is 95.1 cm³/mol. The van der Waals surface area contributed by atoms with E-state index in [0.29, 0.717) is 4.90 Å². The van der Waals surface area contributed by atoms with Gasteiger partial charge in [-0.2, -0.15) is 0 Å². The fraction of sp³-hybridized carbons (Fsp3) is 0.333. The summed E-state index contributed by atoms with van der Waals surface area (Å²) in [6.07, 6.45) is 3.87. The molecule has 0 radical (unpaired) electrons. The Balaban J connectivity index is 1.74. The summed E-state index contributed by atoms with van der Waals surface area (Å²) in [6, 6.07) is 14.7. The molecule has 2 atom stereocenters. The molecule has 0 aliphatic heterocycles. The van der Waals surface area contributed by atoms with Crippen LogP contribution in [0.25, 0.3) is 0 Å². The third-order valence-corrected chi connectivity index (χ3v) is 7.08. The molecule has 1 fully saturated rings. The quantitative estimate of drug-likeness (QED) is 0.863. The molecule has 2 aromatic rings. The Bertz CT molecular complexity index is 763. The number of thioether (sulfide) groups is 1. The first kappa shape index (κ1) is 17.5. The number of rotatable bonds is 5. The van der Waals surface area contributed by atoms with Gasteiger partial charge in [-0.05, 0) is 49.2 Å².